The summed E-state index contributed by atoms with van der Waals surface area (Å²) in [5.41, 5.74) is 2.50. The van der Waals surface area contributed by atoms with Gasteiger partial charge in [-0.15, -0.1) is 0 Å². The Morgan fingerprint density at radius 3 is 2.61 bits per heavy atom. The highest BCUT2D eigenvalue weighted by Gasteiger charge is 2.31. The number of carbonyl (C=O) groups excluding carboxylic acids is 1. The molecule has 0 bridgehead atoms. The van der Waals surface area contributed by atoms with Gasteiger partial charge in [0, 0.05) is 46.5 Å². The van der Waals surface area contributed by atoms with Crippen LogP contribution in [0.2, 0.25) is 0 Å². The molecule has 1 fully saturated rings. The molecule has 2 rings (SSSR count). The lowest BCUT2D eigenvalue weighted by Crippen LogP contribution is -2.35. The van der Waals surface area contributed by atoms with Gasteiger partial charge < -0.3 is 19.9 Å². The molecular formula is C18H29N3O2. The highest BCUT2D eigenvalue weighted by molar-refractivity contribution is 5.80. The van der Waals surface area contributed by atoms with E-state index in [-0.39, 0.29) is 24.2 Å². The van der Waals surface area contributed by atoms with Crippen molar-refractivity contribution in [2.75, 3.05) is 39.6 Å². The minimum Gasteiger partial charge on any atom is -0.377 e. The molecule has 128 valence electrons. The number of rotatable bonds is 6. The van der Waals surface area contributed by atoms with Crippen LogP contribution in [0, 0.1) is 0 Å². The van der Waals surface area contributed by atoms with Gasteiger partial charge in [-0.3, -0.25) is 4.79 Å². The number of anilines is 1. The summed E-state index contributed by atoms with van der Waals surface area (Å²) < 4.78 is 5.88. The Hall–Kier alpha value is -1.59. The van der Waals surface area contributed by atoms with Crippen LogP contribution in [0.5, 0.6) is 0 Å². The third-order valence-corrected chi connectivity index (χ3v) is 4.36. The normalized spacial score (nSPS) is 22.0. The first-order valence-corrected chi connectivity index (χ1v) is 8.26. The predicted octanol–water partition coefficient (Wildman–Crippen LogP) is 2.04. The van der Waals surface area contributed by atoms with Crippen LogP contribution >= 0.6 is 0 Å². The quantitative estimate of drug-likeness (QED) is 0.871. The SMILES string of the molecule is C[C@H](NC[C@@H]1CC[C@H](C(=O)N(C)C)O1)c1ccccc1N(C)C. The zero-order valence-electron chi connectivity index (χ0n) is 14.9. The second-order valence-electron chi connectivity index (χ2n) is 6.64. The van der Waals surface area contributed by atoms with Gasteiger partial charge in [0.25, 0.3) is 5.91 Å². The first-order valence-electron chi connectivity index (χ1n) is 8.26. The molecule has 5 nitrogen and oxygen atoms in total. The van der Waals surface area contributed by atoms with Gasteiger partial charge in [0.1, 0.15) is 6.10 Å². The van der Waals surface area contributed by atoms with Crippen molar-refractivity contribution in [1.82, 2.24) is 10.2 Å². The number of likely N-dealkylation sites (N-methyl/N-ethyl adjacent to an activating group) is 1. The lowest BCUT2D eigenvalue weighted by Gasteiger charge is -2.24. The van der Waals surface area contributed by atoms with Gasteiger partial charge in [-0.2, -0.15) is 0 Å². The number of nitrogens with one attached hydrogen (secondary N) is 1. The Morgan fingerprint density at radius 2 is 1.96 bits per heavy atom. The first-order chi connectivity index (χ1) is 10.9. The maximum absolute atomic E-state index is 11.9. The maximum atomic E-state index is 11.9. The van der Waals surface area contributed by atoms with Crippen LogP contribution in [0.25, 0.3) is 0 Å². The van der Waals surface area contributed by atoms with E-state index in [9.17, 15) is 4.79 Å². The van der Waals surface area contributed by atoms with E-state index in [1.165, 1.54) is 11.3 Å². The molecule has 1 aromatic carbocycles. The van der Waals surface area contributed by atoms with Gasteiger partial charge in [-0.05, 0) is 31.4 Å². The van der Waals surface area contributed by atoms with Crippen molar-refractivity contribution in [3.8, 4) is 0 Å². The Labute approximate surface area is 139 Å². The molecule has 0 spiro atoms. The maximum Gasteiger partial charge on any atom is 0.251 e. The fourth-order valence-electron chi connectivity index (χ4n) is 3.00. The number of ether oxygens (including phenoxy) is 1. The Balaban J connectivity index is 1.89. The first kappa shape index (κ1) is 17.8. The lowest BCUT2D eigenvalue weighted by atomic mass is 10.0. The number of carbonyl (C=O) groups is 1. The summed E-state index contributed by atoms with van der Waals surface area (Å²) in [6.45, 7) is 2.93. The molecule has 1 heterocycles. The minimum atomic E-state index is -0.277. The average molecular weight is 319 g/mol. The van der Waals surface area contributed by atoms with Crippen molar-refractivity contribution in [3.05, 3.63) is 29.8 Å². The van der Waals surface area contributed by atoms with Gasteiger partial charge in [-0.1, -0.05) is 18.2 Å². The molecule has 1 aliphatic heterocycles. The number of benzene rings is 1. The standard InChI is InChI=1S/C18H29N3O2/c1-13(15-8-6-7-9-16(15)20(2)3)19-12-14-10-11-17(23-14)18(22)21(4)5/h6-9,13-14,17,19H,10-12H2,1-5H3/t13-,14-,17+/m0/s1. The van der Waals surface area contributed by atoms with E-state index in [1.807, 2.05) is 0 Å². The van der Waals surface area contributed by atoms with Crippen LogP contribution < -0.4 is 10.2 Å². The number of nitrogens with zero attached hydrogens (tertiary/aromatic N) is 2. The van der Waals surface area contributed by atoms with E-state index >= 15 is 0 Å². The van der Waals surface area contributed by atoms with Crippen molar-refractivity contribution >= 4 is 11.6 Å². The van der Waals surface area contributed by atoms with Gasteiger partial charge in [0.2, 0.25) is 0 Å². The average Bonchev–Trinajstić information content (AvgIpc) is 3.00. The summed E-state index contributed by atoms with van der Waals surface area (Å²) in [6, 6.07) is 8.65. The smallest absolute Gasteiger partial charge is 0.251 e. The second kappa shape index (κ2) is 7.79. The van der Waals surface area contributed by atoms with Gasteiger partial charge in [0.15, 0.2) is 0 Å². The fourth-order valence-corrected chi connectivity index (χ4v) is 3.00. The van der Waals surface area contributed by atoms with Crippen molar-refractivity contribution in [3.63, 3.8) is 0 Å². The third kappa shape index (κ3) is 4.45. The molecule has 0 aromatic heterocycles. The van der Waals surface area contributed by atoms with E-state index in [4.69, 9.17) is 4.74 Å². The molecule has 1 amide bonds. The highest BCUT2D eigenvalue weighted by atomic mass is 16.5. The molecule has 0 radical (unpaired) electrons. The highest BCUT2D eigenvalue weighted by Crippen LogP contribution is 2.26. The van der Waals surface area contributed by atoms with Gasteiger partial charge in [0.05, 0.1) is 6.10 Å². The van der Waals surface area contributed by atoms with E-state index in [2.05, 4.69) is 55.5 Å². The van der Waals surface area contributed by atoms with Crippen LogP contribution in [0.4, 0.5) is 5.69 Å². The van der Waals surface area contributed by atoms with Crippen molar-refractivity contribution in [2.45, 2.75) is 38.0 Å². The molecule has 1 aliphatic rings. The van der Waals surface area contributed by atoms with Gasteiger partial charge in [-0.25, -0.2) is 0 Å². The molecule has 1 aromatic rings. The van der Waals surface area contributed by atoms with Crippen LogP contribution in [0.15, 0.2) is 24.3 Å². The predicted molar refractivity (Wildman–Crippen MR) is 93.8 cm³/mol. The molecule has 0 aliphatic carbocycles. The molecular weight excluding hydrogens is 290 g/mol. The topological polar surface area (TPSA) is 44.8 Å². The Bertz CT molecular complexity index is 531. The Morgan fingerprint density at radius 1 is 1.26 bits per heavy atom. The van der Waals surface area contributed by atoms with E-state index in [1.54, 1.807) is 19.0 Å². The molecule has 1 N–H and O–H groups in total. The number of hydrogen-bond donors (Lipinski definition) is 1. The zero-order chi connectivity index (χ0) is 17.0. The van der Waals surface area contributed by atoms with Gasteiger partial charge >= 0.3 is 0 Å². The summed E-state index contributed by atoms with van der Waals surface area (Å²) in [5, 5.41) is 3.55. The molecule has 0 saturated carbocycles. The number of para-hydroxylation sites is 1. The zero-order valence-corrected chi connectivity index (χ0v) is 14.9. The van der Waals surface area contributed by atoms with E-state index < -0.39 is 0 Å². The largest absolute Gasteiger partial charge is 0.377 e. The minimum absolute atomic E-state index is 0.0681. The van der Waals surface area contributed by atoms with E-state index in [0.717, 1.165) is 19.4 Å². The fraction of sp³-hybridized carbons (Fsp3) is 0.611. The summed E-state index contributed by atoms with van der Waals surface area (Å²) in [4.78, 5) is 15.7. The molecule has 3 atom stereocenters. The van der Waals surface area contributed by atoms with Crippen LogP contribution in [-0.4, -0.2) is 57.8 Å². The van der Waals surface area contributed by atoms with Crippen LogP contribution in [0.1, 0.15) is 31.4 Å². The molecule has 1 saturated heterocycles. The summed E-state index contributed by atoms with van der Waals surface area (Å²) in [5.74, 6) is 0.0681. The van der Waals surface area contributed by atoms with Crippen molar-refractivity contribution in [1.29, 1.82) is 0 Å². The van der Waals surface area contributed by atoms with Crippen molar-refractivity contribution in [2.24, 2.45) is 0 Å². The molecule has 23 heavy (non-hydrogen) atoms. The van der Waals surface area contributed by atoms with Crippen LogP contribution in [0.3, 0.4) is 0 Å². The lowest BCUT2D eigenvalue weighted by molar-refractivity contribution is -0.140. The van der Waals surface area contributed by atoms with Crippen LogP contribution in [-0.2, 0) is 9.53 Å². The monoisotopic (exact) mass is 319 g/mol. The number of hydrogen-bond acceptors (Lipinski definition) is 4. The second-order valence-corrected chi connectivity index (χ2v) is 6.64. The Kier molecular flexibility index (Phi) is 6.02. The van der Waals surface area contributed by atoms with E-state index in [0.29, 0.717) is 0 Å². The molecule has 5 heteroatoms. The summed E-state index contributed by atoms with van der Waals surface area (Å²) in [7, 11) is 7.67. The number of amides is 1. The third-order valence-electron chi connectivity index (χ3n) is 4.36. The molecule has 0 unspecified atom stereocenters. The van der Waals surface area contributed by atoms with Crippen molar-refractivity contribution < 1.29 is 9.53 Å². The summed E-state index contributed by atoms with van der Waals surface area (Å²) in [6.07, 6.45) is 1.57. The summed E-state index contributed by atoms with van der Waals surface area (Å²) >= 11 is 0.